The number of likely N-dealkylation sites (tertiary alicyclic amines) is 1. The van der Waals surface area contributed by atoms with E-state index in [9.17, 15) is 14.4 Å². The van der Waals surface area contributed by atoms with E-state index in [1.165, 1.54) is 35.0 Å². The molecule has 0 N–H and O–H groups in total. The number of nitrogens with zero attached hydrogens (tertiary/aromatic N) is 1. The molecule has 1 amide bonds. The molecule has 0 radical (unpaired) electrons. The topological polar surface area (TPSA) is 72.9 Å². The molecule has 6 nitrogen and oxygen atoms in total. The maximum Gasteiger partial charge on any atom is 0.419 e. The van der Waals surface area contributed by atoms with Crippen molar-refractivity contribution in [2.75, 3.05) is 13.7 Å². The minimum Gasteiger partial charge on any atom is -0.468 e. The third-order valence-electron chi connectivity index (χ3n) is 3.77. The van der Waals surface area contributed by atoms with E-state index in [0.717, 1.165) is 5.56 Å². The Hall–Kier alpha value is -1.64. The maximum absolute atomic E-state index is 12.2. The highest BCUT2D eigenvalue weighted by atomic mass is 127. The van der Waals surface area contributed by atoms with Crippen molar-refractivity contribution in [2.45, 2.75) is 18.9 Å². The lowest BCUT2D eigenvalue weighted by molar-refractivity contribution is -0.153. The van der Waals surface area contributed by atoms with E-state index >= 15 is 0 Å². The van der Waals surface area contributed by atoms with Gasteiger partial charge in [-0.05, 0) is 12.0 Å². The fraction of sp³-hybridized carbons (Fsp3) is 0.400. The first-order valence-electron chi connectivity index (χ1n) is 6.82. The van der Waals surface area contributed by atoms with Crippen LogP contribution in [0.3, 0.4) is 0 Å². The number of Topliss-reactive ketones (excluding diaryl/α,β-unsaturated/α-hetero) is 1. The van der Waals surface area contributed by atoms with Crippen molar-refractivity contribution in [3.63, 3.8) is 0 Å². The SMILES string of the molecule is COC(=O)C1C(=O)CCN(C(=O)OI)C1Cc1ccccc1. The summed E-state index contributed by atoms with van der Waals surface area (Å²) in [6.07, 6.45) is -0.0440. The number of esters is 1. The van der Waals surface area contributed by atoms with Crippen LogP contribution in [0, 0.1) is 5.92 Å². The third-order valence-corrected chi connectivity index (χ3v) is 4.15. The second-order valence-electron chi connectivity index (χ2n) is 5.01. The number of hydrogen-bond donors (Lipinski definition) is 0. The van der Waals surface area contributed by atoms with Crippen LogP contribution in [0.2, 0.25) is 0 Å². The first-order chi connectivity index (χ1) is 10.6. The molecule has 1 aromatic carbocycles. The summed E-state index contributed by atoms with van der Waals surface area (Å²) in [4.78, 5) is 37.6. The van der Waals surface area contributed by atoms with Crippen LogP contribution < -0.4 is 0 Å². The Bertz CT molecular complexity index is 554. The summed E-state index contributed by atoms with van der Waals surface area (Å²) in [5.74, 6) is -1.79. The lowest BCUT2D eigenvalue weighted by atomic mass is 9.84. The number of rotatable bonds is 3. The average Bonchev–Trinajstić information content (AvgIpc) is 2.55. The largest absolute Gasteiger partial charge is 0.468 e. The highest BCUT2D eigenvalue weighted by Gasteiger charge is 2.44. The Labute approximate surface area is 142 Å². The summed E-state index contributed by atoms with van der Waals surface area (Å²) < 4.78 is 9.50. The molecule has 2 rings (SSSR count). The van der Waals surface area contributed by atoms with E-state index < -0.39 is 24.0 Å². The molecule has 7 heteroatoms. The van der Waals surface area contributed by atoms with Crippen molar-refractivity contribution in [3.05, 3.63) is 35.9 Å². The smallest absolute Gasteiger partial charge is 0.419 e. The maximum atomic E-state index is 12.2. The van der Waals surface area contributed by atoms with Gasteiger partial charge < -0.3 is 12.7 Å². The molecule has 22 heavy (non-hydrogen) atoms. The van der Waals surface area contributed by atoms with Gasteiger partial charge in [0.15, 0.2) is 28.8 Å². The zero-order valence-electron chi connectivity index (χ0n) is 12.0. The van der Waals surface area contributed by atoms with Crippen molar-refractivity contribution in [1.82, 2.24) is 4.90 Å². The molecule has 1 fully saturated rings. The number of halogens is 1. The number of methoxy groups -OCH3 is 1. The van der Waals surface area contributed by atoms with E-state index in [-0.39, 0.29) is 18.7 Å². The highest BCUT2D eigenvalue weighted by Crippen LogP contribution is 2.26. The van der Waals surface area contributed by atoms with Gasteiger partial charge in [0.2, 0.25) is 0 Å². The monoisotopic (exact) mass is 417 g/mol. The van der Waals surface area contributed by atoms with Crippen LogP contribution >= 0.6 is 23.0 Å². The third kappa shape index (κ3) is 3.57. The van der Waals surface area contributed by atoms with Crippen LogP contribution in [0.15, 0.2) is 30.3 Å². The second-order valence-corrected chi connectivity index (χ2v) is 5.45. The molecule has 118 valence electrons. The van der Waals surface area contributed by atoms with Gasteiger partial charge in [0, 0.05) is 13.0 Å². The molecule has 2 unspecified atom stereocenters. The molecule has 1 aliphatic heterocycles. The average molecular weight is 417 g/mol. The van der Waals surface area contributed by atoms with Crippen molar-refractivity contribution < 1.29 is 22.2 Å². The molecule has 0 saturated carbocycles. The molecule has 1 heterocycles. The Kier molecular flexibility index (Phi) is 5.76. The number of benzene rings is 1. The van der Waals surface area contributed by atoms with Crippen LogP contribution in [0.4, 0.5) is 4.79 Å². The Morgan fingerprint density at radius 1 is 1.32 bits per heavy atom. The Morgan fingerprint density at radius 3 is 2.59 bits per heavy atom. The predicted octanol–water partition coefficient (Wildman–Crippen LogP) is 2.15. The molecule has 1 aromatic rings. The first kappa shape index (κ1) is 16.7. The number of hydrogen-bond acceptors (Lipinski definition) is 5. The predicted molar refractivity (Wildman–Crippen MR) is 86.3 cm³/mol. The van der Waals surface area contributed by atoms with Gasteiger partial charge in [0.05, 0.1) is 13.2 Å². The van der Waals surface area contributed by atoms with E-state index in [2.05, 4.69) is 0 Å². The zero-order valence-corrected chi connectivity index (χ0v) is 14.2. The molecular weight excluding hydrogens is 401 g/mol. The van der Waals surface area contributed by atoms with Crippen LogP contribution in [0.1, 0.15) is 12.0 Å². The Balaban J connectivity index is 2.33. The van der Waals surface area contributed by atoms with E-state index in [1.807, 2.05) is 30.3 Å². The van der Waals surface area contributed by atoms with Gasteiger partial charge in [-0.15, -0.1) is 0 Å². The summed E-state index contributed by atoms with van der Waals surface area (Å²) in [6, 6.07) is 8.80. The number of carbonyl (C=O) groups is 3. The molecule has 0 spiro atoms. The zero-order chi connectivity index (χ0) is 16.1. The summed E-state index contributed by atoms with van der Waals surface area (Å²) in [5.41, 5.74) is 0.933. The van der Waals surface area contributed by atoms with Crippen LogP contribution in [-0.2, 0) is 23.8 Å². The molecule has 0 bridgehead atoms. The van der Waals surface area contributed by atoms with E-state index in [4.69, 9.17) is 7.80 Å². The van der Waals surface area contributed by atoms with Crippen molar-refractivity contribution >= 4 is 40.9 Å². The van der Waals surface area contributed by atoms with Gasteiger partial charge in [-0.25, -0.2) is 4.79 Å². The molecular formula is C15H16INO5. The number of amides is 1. The lowest BCUT2D eigenvalue weighted by Crippen LogP contribution is -2.55. The first-order valence-corrected chi connectivity index (χ1v) is 7.70. The summed E-state index contributed by atoms with van der Waals surface area (Å²) >= 11 is 1.50. The summed E-state index contributed by atoms with van der Waals surface area (Å²) in [5, 5.41) is 0. The van der Waals surface area contributed by atoms with Gasteiger partial charge in [-0.2, -0.15) is 0 Å². The number of carbonyl (C=O) groups excluding carboxylic acids is 3. The van der Waals surface area contributed by atoms with Crippen LogP contribution in [0.5, 0.6) is 0 Å². The van der Waals surface area contributed by atoms with Crippen LogP contribution in [-0.4, -0.2) is 42.4 Å². The van der Waals surface area contributed by atoms with Crippen molar-refractivity contribution in [3.8, 4) is 0 Å². The second kappa shape index (κ2) is 7.57. The number of ketones is 1. The highest BCUT2D eigenvalue weighted by molar-refractivity contribution is 14.1. The van der Waals surface area contributed by atoms with Crippen molar-refractivity contribution in [2.24, 2.45) is 5.92 Å². The minimum atomic E-state index is -0.977. The van der Waals surface area contributed by atoms with Gasteiger partial charge in [0.1, 0.15) is 5.92 Å². The van der Waals surface area contributed by atoms with E-state index in [1.54, 1.807) is 0 Å². The number of piperidine rings is 1. The number of ether oxygens (including phenoxy) is 1. The van der Waals surface area contributed by atoms with Gasteiger partial charge in [-0.1, -0.05) is 30.3 Å². The van der Waals surface area contributed by atoms with Gasteiger partial charge in [0.25, 0.3) is 0 Å². The Morgan fingerprint density at radius 2 is 2.00 bits per heavy atom. The summed E-state index contributed by atoms with van der Waals surface area (Å²) in [7, 11) is 1.24. The van der Waals surface area contributed by atoms with Gasteiger partial charge >= 0.3 is 12.1 Å². The lowest BCUT2D eigenvalue weighted by Gasteiger charge is -2.37. The summed E-state index contributed by atoms with van der Waals surface area (Å²) in [6.45, 7) is 0.242. The fourth-order valence-corrected chi connectivity index (χ4v) is 2.97. The molecule has 1 aliphatic rings. The molecule has 1 saturated heterocycles. The fourth-order valence-electron chi connectivity index (χ4n) is 2.72. The van der Waals surface area contributed by atoms with Crippen molar-refractivity contribution in [1.29, 1.82) is 0 Å². The normalized spacial score (nSPS) is 21.4. The standard InChI is InChI=1S/C15H16INO5/c1-21-14(19)13-11(9-10-5-3-2-4-6-10)17(15(20)22-16)8-7-12(13)18/h2-6,11,13H,7-9H2,1H3. The molecule has 0 aliphatic carbocycles. The molecule has 2 atom stereocenters. The molecule has 0 aromatic heterocycles. The minimum absolute atomic E-state index is 0.122. The van der Waals surface area contributed by atoms with Gasteiger partial charge in [-0.3, -0.25) is 9.59 Å². The van der Waals surface area contributed by atoms with Crippen LogP contribution in [0.25, 0.3) is 0 Å². The quantitative estimate of drug-likeness (QED) is 0.428. The van der Waals surface area contributed by atoms with E-state index in [0.29, 0.717) is 6.42 Å².